The van der Waals surface area contributed by atoms with Crippen LogP contribution in [0, 0.1) is 0 Å². The molecule has 0 heterocycles. The first-order chi connectivity index (χ1) is 8.90. The van der Waals surface area contributed by atoms with Crippen molar-refractivity contribution in [3.05, 3.63) is 29.8 Å². The Labute approximate surface area is 112 Å². The molecule has 1 amide bonds. The molecule has 0 spiro atoms. The summed E-state index contributed by atoms with van der Waals surface area (Å²) in [5, 5.41) is 2.31. The van der Waals surface area contributed by atoms with E-state index in [9.17, 15) is 13.2 Å². The predicted molar refractivity (Wildman–Crippen MR) is 71.5 cm³/mol. The van der Waals surface area contributed by atoms with E-state index in [0.717, 1.165) is 0 Å². The van der Waals surface area contributed by atoms with Crippen LogP contribution in [-0.2, 0) is 14.6 Å². The van der Waals surface area contributed by atoms with E-state index in [2.05, 4.69) is 5.32 Å². The molecule has 19 heavy (non-hydrogen) atoms. The van der Waals surface area contributed by atoms with E-state index in [1.165, 1.54) is 19.2 Å². The number of carbonyl (C=O) groups is 1. The zero-order valence-electron chi connectivity index (χ0n) is 10.9. The monoisotopic (exact) mass is 286 g/mol. The lowest BCUT2D eigenvalue weighted by Crippen LogP contribution is -2.25. The van der Waals surface area contributed by atoms with Gasteiger partial charge in [-0.05, 0) is 17.7 Å². The summed E-state index contributed by atoms with van der Waals surface area (Å²) in [4.78, 5) is 11.2. The number of ether oxygens (including phenoxy) is 1. The number of nitrogens with one attached hydrogen (secondary N) is 1. The van der Waals surface area contributed by atoms with Gasteiger partial charge < -0.3 is 15.8 Å². The summed E-state index contributed by atoms with van der Waals surface area (Å²) in [6.07, 6.45) is -0.555. The smallest absolute Gasteiger partial charge is 0.406 e. The van der Waals surface area contributed by atoms with Crippen molar-refractivity contribution in [2.45, 2.75) is 17.9 Å². The summed E-state index contributed by atoms with van der Waals surface area (Å²) in [6, 6.07) is 5.78. The van der Waals surface area contributed by atoms with Gasteiger partial charge in [0.05, 0.1) is 16.7 Å². The third-order valence-electron chi connectivity index (χ3n) is 2.65. The van der Waals surface area contributed by atoms with Gasteiger partial charge in [-0.25, -0.2) is 13.2 Å². The Bertz CT molecular complexity index is 525. The highest BCUT2D eigenvalue weighted by Crippen LogP contribution is 2.16. The number of carbonyl (C=O) groups excluding carboxylic acids is 1. The van der Waals surface area contributed by atoms with Crippen molar-refractivity contribution >= 4 is 15.9 Å². The third-order valence-corrected chi connectivity index (χ3v) is 4.40. The Morgan fingerprint density at radius 3 is 2.42 bits per heavy atom. The normalized spacial score (nSPS) is 12.8. The van der Waals surface area contributed by atoms with E-state index in [4.69, 9.17) is 10.5 Å². The van der Waals surface area contributed by atoms with Gasteiger partial charge in [-0.2, -0.15) is 0 Å². The van der Waals surface area contributed by atoms with Gasteiger partial charge in [0, 0.05) is 7.05 Å². The van der Waals surface area contributed by atoms with E-state index in [0.29, 0.717) is 5.56 Å². The summed E-state index contributed by atoms with van der Waals surface area (Å²) >= 11 is 0. The molecule has 1 atom stereocenters. The molecule has 0 radical (unpaired) electrons. The van der Waals surface area contributed by atoms with Crippen LogP contribution in [0.25, 0.3) is 0 Å². The van der Waals surface area contributed by atoms with Crippen molar-refractivity contribution in [2.75, 3.05) is 19.4 Å². The second-order valence-electron chi connectivity index (χ2n) is 3.93. The van der Waals surface area contributed by atoms with Gasteiger partial charge in [-0.3, -0.25) is 0 Å². The number of amides is 1. The predicted octanol–water partition coefficient (Wildman–Crippen LogP) is 0.836. The SMILES string of the molecule is CCS(=O)(=O)c1ccc(C(N)COC(=O)NC)cc1. The minimum absolute atomic E-state index is 0.0273. The van der Waals surface area contributed by atoms with Crippen molar-refractivity contribution in [1.82, 2.24) is 5.32 Å². The highest BCUT2D eigenvalue weighted by Gasteiger charge is 2.13. The summed E-state index contributed by atoms with van der Waals surface area (Å²) < 4.78 is 28.1. The standard InChI is InChI=1S/C12H18N2O4S/c1-3-19(16,17)10-6-4-9(5-7-10)11(13)8-18-12(15)14-2/h4-7,11H,3,8,13H2,1-2H3,(H,14,15). The molecule has 0 saturated carbocycles. The van der Waals surface area contributed by atoms with Crippen LogP contribution >= 0.6 is 0 Å². The van der Waals surface area contributed by atoms with Gasteiger partial charge in [0.15, 0.2) is 9.84 Å². The lowest BCUT2D eigenvalue weighted by atomic mass is 10.1. The summed E-state index contributed by atoms with van der Waals surface area (Å²) in [7, 11) is -1.75. The summed E-state index contributed by atoms with van der Waals surface area (Å²) in [5.74, 6) is 0.0538. The van der Waals surface area contributed by atoms with Crippen LogP contribution in [0.4, 0.5) is 4.79 Å². The lowest BCUT2D eigenvalue weighted by molar-refractivity contribution is 0.141. The Morgan fingerprint density at radius 1 is 1.37 bits per heavy atom. The maximum Gasteiger partial charge on any atom is 0.406 e. The molecule has 0 bridgehead atoms. The largest absolute Gasteiger partial charge is 0.448 e. The fourth-order valence-electron chi connectivity index (χ4n) is 1.42. The van der Waals surface area contributed by atoms with Crippen LogP contribution in [0.3, 0.4) is 0 Å². The fraction of sp³-hybridized carbons (Fsp3) is 0.417. The van der Waals surface area contributed by atoms with Crippen LogP contribution in [0.2, 0.25) is 0 Å². The van der Waals surface area contributed by atoms with Gasteiger partial charge in [0.2, 0.25) is 0 Å². The number of hydrogen-bond donors (Lipinski definition) is 2. The van der Waals surface area contributed by atoms with Gasteiger partial charge in [0.25, 0.3) is 0 Å². The highest BCUT2D eigenvalue weighted by atomic mass is 32.2. The van der Waals surface area contributed by atoms with Crippen LogP contribution in [-0.4, -0.2) is 33.9 Å². The van der Waals surface area contributed by atoms with Gasteiger partial charge in [-0.15, -0.1) is 0 Å². The maximum atomic E-state index is 11.6. The molecule has 1 aromatic rings. The number of nitrogens with two attached hydrogens (primary N) is 1. The molecular weight excluding hydrogens is 268 g/mol. The molecule has 3 N–H and O–H groups in total. The van der Waals surface area contributed by atoms with E-state index in [1.807, 2.05) is 0 Å². The Hall–Kier alpha value is -1.60. The van der Waals surface area contributed by atoms with Crippen molar-refractivity contribution in [2.24, 2.45) is 5.73 Å². The average Bonchev–Trinajstić information content (AvgIpc) is 2.44. The van der Waals surface area contributed by atoms with Crippen LogP contribution in [0.5, 0.6) is 0 Å². The van der Waals surface area contributed by atoms with E-state index < -0.39 is 22.0 Å². The minimum atomic E-state index is -3.21. The maximum absolute atomic E-state index is 11.6. The van der Waals surface area contributed by atoms with Crippen LogP contribution < -0.4 is 11.1 Å². The number of benzene rings is 1. The Balaban J connectivity index is 2.74. The molecule has 0 fully saturated rings. The van der Waals surface area contributed by atoms with Crippen LogP contribution in [0.15, 0.2) is 29.2 Å². The van der Waals surface area contributed by atoms with Crippen LogP contribution in [0.1, 0.15) is 18.5 Å². The number of rotatable bonds is 5. The summed E-state index contributed by atoms with van der Waals surface area (Å²) in [5.41, 5.74) is 6.54. The first-order valence-electron chi connectivity index (χ1n) is 5.83. The lowest BCUT2D eigenvalue weighted by Gasteiger charge is -2.13. The summed E-state index contributed by atoms with van der Waals surface area (Å²) in [6.45, 7) is 1.62. The molecule has 1 aromatic carbocycles. The molecule has 0 aromatic heterocycles. The van der Waals surface area contributed by atoms with Crippen molar-refractivity contribution in [3.63, 3.8) is 0 Å². The van der Waals surface area contributed by atoms with Gasteiger partial charge in [-0.1, -0.05) is 19.1 Å². The Kier molecular flexibility index (Phi) is 5.31. The molecule has 106 valence electrons. The molecule has 7 heteroatoms. The molecule has 1 unspecified atom stereocenters. The van der Waals surface area contributed by atoms with E-state index >= 15 is 0 Å². The molecule has 0 aliphatic rings. The minimum Gasteiger partial charge on any atom is -0.448 e. The second-order valence-corrected chi connectivity index (χ2v) is 6.21. The second kappa shape index (κ2) is 6.53. The number of alkyl carbamates (subject to hydrolysis) is 1. The van der Waals surface area contributed by atoms with Crippen molar-refractivity contribution < 1.29 is 17.9 Å². The topological polar surface area (TPSA) is 98.5 Å². The van der Waals surface area contributed by atoms with Gasteiger partial charge in [0.1, 0.15) is 6.61 Å². The molecule has 6 nitrogen and oxygen atoms in total. The number of hydrogen-bond acceptors (Lipinski definition) is 5. The Morgan fingerprint density at radius 2 is 1.95 bits per heavy atom. The number of sulfone groups is 1. The molecule has 0 aliphatic carbocycles. The molecule has 0 saturated heterocycles. The third kappa shape index (κ3) is 4.22. The molecular formula is C12H18N2O4S. The first-order valence-corrected chi connectivity index (χ1v) is 7.48. The molecule has 1 rings (SSSR count). The average molecular weight is 286 g/mol. The molecule has 0 aliphatic heterocycles. The van der Waals surface area contributed by atoms with Crippen molar-refractivity contribution in [3.8, 4) is 0 Å². The fourth-order valence-corrected chi connectivity index (χ4v) is 2.31. The van der Waals surface area contributed by atoms with E-state index in [1.54, 1.807) is 19.1 Å². The zero-order chi connectivity index (χ0) is 14.5. The van der Waals surface area contributed by atoms with E-state index in [-0.39, 0.29) is 17.3 Å². The quantitative estimate of drug-likeness (QED) is 0.835. The zero-order valence-corrected chi connectivity index (χ0v) is 11.7. The van der Waals surface area contributed by atoms with Crippen molar-refractivity contribution in [1.29, 1.82) is 0 Å². The first kappa shape index (κ1) is 15.5. The highest BCUT2D eigenvalue weighted by molar-refractivity contribution is 7.91. The van der Waals surface area contributed by atoms with Gasteiger partial charge >= 0.3 is 6.09 Å².